The highest BCUT2D eigenvalue weighted by atomic mass is 35.5. The molecule has 2 aliphatic heterocycles. The van der Waals surface area contributed by atoms with Crippen LogP contribution in [0.1, 0.15) is 77.3 Å². The average Bonchev–Trinajstić information content (AvgIpc) is 4.03. The molecule has 4 heterocycles. The number of halogens is 2. The number of amides is 2. The molecule has 2 amide bonds. The highest BCUT2D eigenvalue weighted by Crippen LogP contribution is 2.43. The van der Waals surface area contributed by atoms with Crippen LogP contribution in [-0.4, -0.2) is 103 Å². The first kappa shape index (κ1) is 49.7. The van der Waals surface area contributed by atoms with Crippen LogP contribution in [0.5, 0.6) is 11.8 Å². The van der Waals surface area contributed by atoms with Crippen LogP contribution in [-0.2, 0) is 19.1 Å². The number of ether oxygens (including phenoxy) is 4. The summed E-state index contributed by atoms with van der Waals surface area (Å²) in [7, 11) is 0. The van der Waals surface area contributed by atoms with Crippen LogP contribution in [0, 0.1) is 50.7 Å². The summed E-state index contributed by atoms with van der Waals surface area (Å²) in [6, 6.07) is 9.97. The summed E-state index contributed by atoms with van der Waals surface area (Å²) in [6.07, 6.45) is 4.84. The van der Waals surface area contributed by atoms with Gasteiger partial charge in [0.2, 0.25) is 11.8 Å². The summed E-state index contributed by atoms with van der Waals surface area (Å²) >= 11 is 12.6. The van der Waals surface area contributed by atoms with Crippen molar-refractivity contribution in [2.45, 2.75) is 103 Å². The van der Waals surface area contributed by atoms with E-state index >= 15 is 0 Å². The van der Waals surface area contributed by atoms with Crippen LogP contribution in [0.2, 0.25) is 10.0 Å². The molecular formula is C50H54Cl2N10O8. The first-order chi connectivity index (χ1) is 33.3. The largest absolute Gasteiger partial charge is 0.473 e. The van der Waals surface area contributed by atoms with Crippen molar-refractivity contribution in [2.75, 3.05) is 36.8 Å². The number of benzene rings is 2. The lowest BCUT2D eigenvalue weighted by atomic mass is 9.74. The van der Waals surface area contributed by atoms with Gasteiger partial charge < -0.3 is 39.4 Å². The lowest BCUT2D eigenvalue weighted by molar-refractivity contribution is -0.131. The zero-order valence-corrected chi connectivity index (χ0v) is 41.3. The molecule has 70 heavy (non-hydrogen) atoms. The molecule has 4 atom stereocenters. The summed E-state index contributed by atoms with van der Waals surface area (Å²) in [5, 5.41) is 7.18. The number of aromatic nitrogens is 4. The third-order valence-electron chi connectivity index (χ3n) is 13.1. The van der Waals surface area contributed by atoms with E-state index in [0.29, 0.717) is 119 Å². The van der Waals surface area contributed by atoms with Crippen molar-refractivity contribution >= 4 is 81.3 Å². The molecule has 0 radical (unpaired) electrons. The van der Waals surface area contributed by atoms with Crippen LogP contribution in [0.25, 0.3) is 9.69 Å². The third kappa shape index (κ3) is 11.6. The molecule has 3 aliphatic carbocycles. The highest BCUT2D eigenvalue weighted by Gasteiger charge is 2.49. The van der Waals surface area contributed by atoms with Gasteiger partial charge in [-0.2, -0.15) is 0 Å². The summed E-state index contributed by atoms with van der Waals surface area (Å²) < 4.78 is 24.0. The number of Topliss-reactive ketones (excluding diaryl/α,β-unsaturated/α-hetero) is 2. The van der Waals surface area contributed by atoms with E-state index in [-0.39, 0.29) is 65.2 Å². The molecule has 2 N–H and O–H groups in total. The van der Waals surface area contributed by atoms with E-state index < -0.39 is 5.60 Å². The summed E-state index contributed by atoms with van der Waals surface area (Å²) in [6.45, 7) is 27.0. The molecule has 366 valence electrons. The predicted molar refractivity (Wildman–Crippen MR) is 260 cm³/mol. The normalized spacial score (nSPS) is 23.1. The molecule has 3 saturated carbocycles. The van der Waals surface area contributed by atoms with Crippen LogP contribution in [0.15, 0.2) is 49.1 Å². The Bertz CT molecular complexity index is 2580. The predicted octanol–water partition coefficient (Wildman–Crippen LogP) is 10.4. The van der Waals surface area contributed by atoms with E-state index in [9.17, 15) is 19.2 Å². The smallest absolute Gasteiger partial charge is 0.410 e. The van der Waals surface area contributed by atoms with Gasteiger partial charge >= 0.3 is 12.2 Å². The summed E-state index contributed by atoms with van der Waals surface area (Å²) in [5.41, 5.74) is 2.59. The molecule has 2 aromatic heterocycles. The van der Waals surface area contributed by atoms with Gasteiger partial charge in [0.25, 0.3) is 0 Å². The third-order valence-corrected chi connectivity index (χ3v) is 13.7. The van der Waals surface area contributed by atoms with E-state index in [4.69, 9.17) is 55.3 Å². The maximum Gasteiger partial charge on any atom is 0.410 e. The molecule has 4 aromatic rings. The molecule has 5 aliphatic rings. The maximum atomic E-state index is 12.7. The second-order valence-electron chi connectivity index (χ2n) is 19.8. The van der Waals surface area contributed by atoms with E-state index in [0.717, 1.165) is 12.8 Å². The Hall–Kier alpha value is -6.76. The number of nitrogens with one attached hydrogen (secondary N) is 2. The van der Waals surface area contributed by atoms with Crippen molar-refractivity contribution in [1.82, 2.24) is 29.7 Å². The topological polar surface area (TPSA) is 196 Å². The fraction of sp³-hybridized carbons (Fsp3) is 0.480. The van der Waals surface area contributed by atoms with Gasteiger partial charge in [-0.3, -0.25) is 9.59 Å². The molecule has 2 aromatic carbocycles. The van der Waals surface area contributed by atoms with Crippen molar-refractivity contribution < 1.29 is 38.1 Å². The first-order valence-corrected chi connectivity index (χ1v) is 23.9. The Labute approximate surface area is 416 Å². The van der Waals surface area contributed by atoms with E-state index in [2.05, 4.69) is 40.3 Å². The number of piperidine rings is 2. The molecule has 20 heteroatoms. The molecule has 0 spiro atoms. The van der Waals surface area contributed by atoms with Crippen molar-refractivity contribution in [3.05, 3.63) is 93.1 Å². The van der Waals surface area contributed by atoms with Gasteiger partial charge in [-0.1, -0.05) is 35.3 Å². The highest BCUT2D eigenvalue weighted by molar-refractivity contribution is 6.34. The fourth-order valence-corrected chi connectivity index (χ4v) is 9.75. The zero-order valence-electron chi connectivity index (χ0n) is 39.8. The number of hydrogen-bond acceptors (Lipinski definition) is 14. The minimum Gasteiger partial charge on any atom is -0.473 e. The van der Waals surface area contributed by atoms with E-state index in [1.165, 1.54) is 12.7 Å². The van der Waals surface area contributed by atoms with Crippen molar-refractivity contribution in [1.29, 1.82) is 0 Å². The minimum absolute atomic E-state index is 0.129. The van der Waals surface area contributed by atoms with Gasteiger partial charge in [-0.15, -0.1) is 0 Å². The van der Waals surface area contributed by atoms with Crippen LogP contribution in [0.3, 0.4) is 0 Å². The Morgan fingerprint density at radius 1 is 0.686 bits per heavy atom. The second kappa shape index (κ2) is 20.3. The molecule has 5 fully saturated rings. The first-order valence-electron chi connectivity index (χ1n) is 23.1. The standard InChI is InChI=1S/C25H26ClN5O4.C25H28ClN5O4/c1-14-22(30-20-5-4-17(27-3)10-19(20)26)28-13-29-23(14)34-21-15-8-18(32)9-16(21)12-31(11-15)24(33)35-25(2)6-7-25;1-14-22(30-20-7-6-17(27-5)10-19(20)26)28-13-29-23(14)34-21-15-8-18(32)9-16(21)12-31(11-15)24(33)35-25(2,3)4/h4-5,10,13,15-16,21H,6-9,11-12H2,1-2H3,(H,28,29,30);6-7,10,13,15-16,21H,8-9,11-12H2,1-4H3,(H,28,29,30). The molecule has 4 unspecified atom stereocenters. The number of carbonyl (C=O) groups is 4. The molecule has 18 nitrogen and oxygen atoms in total. The number of likely N-dealkylation sites (tertiary alicyclic amines) is 2. The van der Waals surface area contributed by atoms with Crippen molar-refractivity contribution in [3.63, 3.8) is 0 Å². The quantitative estimate of drug-likeness (QED) is 0.150. The van der Waals surface area contributed by atoms with Gasteiger partial charge in [-0.05, 0) is 78.6 Å². The Balaban J connectivity index is 0.000000188. The number of rotatable bonds is 9. The fourth-order valence-electron chi connectivity index (χ4n) is 9.31. The monoisotopic (exact) mass is 992 g/mol. The van der Waals surface area contributed by atoms with Crippen LogP contribution >= 0.6 is 23.2 Å². The van der Waals surface area contributed by atoms with E-state index in [1.807, 2.05) is 41.5 Å². The number of carbonyl (C=O) groups excluding carboxylic acids is 4. The second-order valence-corrected chi connectivity index (χ2v) is 20.6. The number of ketones is 2. The summed E-state index contributed by atoms with van der Waals surface area (Å²) in [5.74, 6) is 1.72. The molecule has 9 rings (SSSR count). The van der Waals surface area contributed by atoms with Gasteiger partial charge in [0.05, 0.1) is 45.7 Å². The maximum absolute atomic E-state index is 12.7. The van der Waals surface area contributed by atoms with Gasteiger partial charge in [0, 0.05) is 75.5 Å². The Morgan fingerprint density at radius 3 is 1.44 bits per heavy atom. The van der Waals surface area contributed by atoms with Crippen molar-refractivity contribution in [2.24, 2.45) is 23.7 Å². The number of fused-ring (bicyclic) bond motifs is 4. The summed E-state index contributed by atoms with van der Waals surface area (Å²) in [4.78, 5) is 77.5. The zero-order chi connectivity index (χ0) is 50.1. The molecule has 2 saturated heterocycles. The lowest BCUT2D eigenvalue weighted by Crippen LogP contribution is -2.57. The van der Waals surface area contributed by atoms with Gasteiger partial charge in [0.15, 0.2) is 11.4 Å². The average molecular weight is 994 g/mol. The number of anilines is 4. The Morgan fingerprint density at radius 2 is 1.09 bits per heavy atom. The minimum atomic E-state index is -0.587. The number of hydrogen-bond donors (Lipinski definition) is 2. The van der Waals surface area contributed by atoms with Gasteiger partial charge in [0.1, 0.15) is 59.3 Å². The lowest BCUT2D eigenvalue weighted by Gasteiger charge is -2.46. The molecule has 4 bridgehead atoms. The number of nitrogens with zero attached hydrogens (tertiary/aromatic N) is 8. The van der Waals surface area contributed by atoms with Crippen LogP contribution in [0.4, 0.5) is 44.0 Å². The van der Waals surface area contributed by atoms with Crippen molar-refractivity contribution in [3.8, 4) is 11.8 Å². The Kier molecular flexibility index (Phi) is 14.4. The SMILES string of the molecule is [C-]#[N+]c1ccc(Nc2ncnc(OC3C4CC(=O)CC3CN(C(=O)OC(C)(C)C)C4)c2C)c(Cl)c1.[C-]#[N+]c1ccc(Nc2ncnc(OC3C4CC(=O)CC3CN(C(=O)OC3(C)CC3)C4)c2C)c(Cl)c1. The van der Waals surface area contributed by atoms with E-state index in [1.54, 1.807) is 46.2 Å². The molecular weight excluding hydrogens is 940 g/mol. The van der Waals surface area contributed by atoms with Crippen LogP contribution < -0.4 is 20.1 Å². The van der Waals surface area contributed by atoms with Gasteiger partial charge in [-0.25, -0.2) is 39.2 Å².